The van der Waals surface area contributed by atoms with Crippen LogP contribution in [0.3, 0.4) is 0 Å². The first kappa shape index (κ1) is 22.1. The molecule has 27 heavy (non-hydrogen) atoms. The van der Waals surface area contributed by atoms with E-state index in [4.69, 9.17) is 9.47 Å². The van der Waals surface area contributed by atoms with Crippen LogP contribution in [-0.2, 0) is 30.8 Å². The number of morpholine rings is 1. The van der Waals surface area contributed by atoms with Gasteiger partial charge in [-0.05, 0) is 30.5 Å². The van der Waals surface area contributed by atoms with E-state index < -0.39 is 16.1 Å². The summed E-state index contributed by atoms with van der Waals surface area (Å²) in [6.07, 6.45) is 1.32. The van der Waals surface area contributed by atoms with Gasteiger partial charge < -0.3 is 20.1 Å². The standard InChI is InChI=1S/C17H25N3O5S.ClH/c21-17(16-12-18-7-9-25-16)19-10-13-3-5-15(6-4-13)26(22,23)20-11-14-2-1-8-24-14;/h3-6,14,16,18,20H,1-2,7-12H2,(H,19,21);1H. The number of benzene rings is 1. The van der Waals surface area contributed by atoms with E-state index in [9.17, 15) is 13.2 Å². The van der Waals surface area contributed by atoms with Crippen LogP contribution in [0.15, 0.2) is 29.2 Å². The van der Waals surface area contributed by atoms with Gasteiger partial charge in [0.05, 0.1) is 17.6 Å². The number of sulfonamides is 1. The third-order valence-corrected chi connectivity index (χ3v) is 5.88. The number of nitrogens with one attached hydrogen (secondary N) is 3. The van der Waals surface area contributed by atoms with Crippen molar-refractivity contribution in [2.75, 3.05) is 32.8 Å². The average molecular weight is 420 g/mol. The summed E-state index contributed by atoms with van der Waals surface area (Å²) < 4.78 is 38.0. The van der Waals surface area contributed by atoms with Gasteiger partial charge >= 0.3 is 0 Å². The van der Waals surface area contributed by atoms with Gasteiger partial charge in [0, 0.05) is 32.8 Å². The Balaban J connectivity index is 0.00000261. The van der Waals surface area contributed by atoms with Gasteiger partial charge in [0.25, 0.3) is 5.91 Å². The summed E-state index contributed by atoms with van der Waals surface area (Å²) in [5, 5.41) is 5.91. The first-order chi connectivity index (χ1) is 12.5. The molecule has 1 aromatic carbocycles. The largest absolute Gasteiger partial charge is 0.377 e. The average Bonchev–Trinajstić information content (AvgIpc) is 3.19. The van der Waals surface area contributed by atoms with Crippen LogP contribution in [0, 0.1) is 0 Å². The number of hydrogen-bond acceptors (Lipinski definition) is 6. The van der Waals surface area contributed by atoms with Crippen LogP contribution >= 0.6 is 12.4 Å². The van der Waals surface area contributed by atoms with Crippen molar-refractivity contribution < 1.29 is 22.7 Å². The molecule has 1 aromatic rings. The van der Waals surface area contributed by atoms with E-state index in [-0.39, 0.29) is 35.9 Å². The monoisotopic (exact) mass is 419 g/mol. The lowest BCUT2D eigenvalue weighted by atomic mass is 10.2. The summed E-state index contributed by atoms with van der Waals surface area (Å²) in [6, 6.07) is 6.47. The van der Waals surface area contributed by atoms with Gasteiger partial charge in [-0.1, -0.05) is 12.1 Å². The topological polar surface area (TPSA) is 106 Å². The van der Waals surface area contributed by atoms with Crippen molar-refractivity contribution in [1.82, 2.24) is 15.4 Å². The lowest BCUT2D eigenvalue weighted by Crippen LogP contribution is -2.47. The van der Waals surface area contributed by atoms with Crippen molar-refractivity contribution in [3.8, 4) is 0 Å². The van der Waals surface area contributed by atoms with Crippen LogP contribution < -0.4 is 15.4 Å². The minimum atomic E-state index is -3.56. The summed E-state index contributed by atoms with van der Waals surface area (Å²) in [5.74, 6) is -0.174. The molecular weight excluding hydrogens is 394 g/mol. The molecule has 3 rings (SSSR count). The third-order valence-electron chi connectivity index (χ3n) is 4.45. The molecular formula is C17H26ClN3O5S. The summed E-state index contributed by atoms with van der Waals surface area (Å²) in [4.78, 5) is 12.2. The second-order valence-electron chi connectivity index (χ2n) is 6.41. The fourth-order valence-corrected chi connectivity index (χ4v) is 3.98. The Hall–Kier alpha value is -1.23. The Bertz CT molecular complexity index is 702. The molecule has 2 saturated heterocycles. The third kappa shape index (κ3) is 6.41. The van der Waals surface area contributed by atoms with Gasteiger partial charge in [-0.25, -0.2) is 13.1 Å². The molecule has 0 bridgehead atoms. The van der Waals surface area contributed by atoms with Gasteiger partial charge in [0.15, 0.2) is 0 Å². The number of rotatable bonds is 7. The number of carbonyl (C=O) groups is 1. The molecule has 0 aliphatic carbocycles. The molecule has 2 aliphatic rings. The number of halogens is 1. The minimum Gasteiger partial charge on any atom is -0.377 e. The normalized spacial score (nSPS) is 22.8. The maximum Gasteiger partial charge on any atom is 0.250 e. The Kier molecular flexibility index (Phi) is 8.46. The second kappa shape index (κ2) is 10.4. The van der Waals surface area contributed by atoms with Gasteiger partial charge in [-0.3, -0.25) is 4.79 Å². The molecule has 0 radical (unpaired) electrons. The van der Waals surface area contributed by atoms with Crippen LogP contribution in [0.1, 0.15) is 18.4 Å². The van der Waals surface area contributed by atoms with E-state index in [1.165, 1.54) is 12.1 Å². The maximum atomic E-state index is 12.3. The molecule has 2 fully saturated rings. The molecule has 10 heteroatoms. The molecule has 152 valence electrons. The first-order valence-corrected chi connectivity index (χ1v) is 10.3. The number of ether oxygens (including phenoxy) is 2. The summed E-state index contributed by atoms with van der Waals surface area (Å²) >= 11 is 0. The molecule has 0 spiro atoms. The van der Waals surface area contributed by atoms with E-state index in [0.29, 0.717) is 26.3 Å². The minimum absolute atomic E-state index is 0. The van der Waals surface area contributed by atoms with Crippen LogP contribution in [0.2, 0.25) is 0 Å². The predicted octanol–water partition coefficient (Wildman–Crippen LogP) is 0.170. The van der Waals surface area contributed by atoms with E-state index in [0.717, 1.165) is 24.9 Å². The highest BCUT2D eigenvalue weighted by molar-refractivity contribution is 7.89. The fourth-order valence-electron chi connectivity index (χ4n) is 2.91. The highest BCUT2D eigenvalue weighted by atomic mass is 35.5. The summed E-state index contributed by atoms with van der Waals surface area (Å²) in [5.41, 5.74) is 0.820. The molecule has 0 aromatic heterocycles. The molecule has 2 unspecified atom stereocenters. The highest BCUT2D eigenvalue weighted by Crippen LogP contribution is 2.14. The van der Waals surface area contributed by atoms with Crippen LogP contribution in [0.5, 0.6) is 0 Å². The van der Waals surface area contributed by atoms with Crippen molar-refractivity contribution in [1.29, 1.82) is 0 Å². The number of amides is 1. The van der Waals surface area contributed by atoms with Crippen LogP contribution in [0.4, 0.5) is 0 Å². The zero-order chi connectivity index (χ0) is 18.4. The zero-order valence-corrected chi connectivity index (χ0v) is 16.6. The van der Waals surface area contributed by atoms with E-state index in [1.54, 1.807) is 12.1 Å². The summed E-state index contributed by atoms with van der Waals surface area (Å²) in [6.45, 7) is 3.07. The van der Waals surface area contributed by atoms with Crippen LogP contribution in [0.25, 0.3) is 0 Å². The summed E-state index contributed by atoms with van der Waals surface area (Å²) in [7, 11) is -3.56. The lowest BCUT2D eigenvalue weighted by molar-refractivity contribution is -0.134. The van der Waals surface area contributed by atoms with Crippen molar-refractivity contribution in [3.05, 3.63) is 29.8 Å². The Morgan fingerprint density at radius 3 is 2.59 bits per heavy atom. The smallest absolute Gasteiger partial charge is 0.250 e. The van der Waals surface area contributed by atoms with E-state index >= 15 is 0 Å². The first-order valence-electron chi connectivity index (χ1n) is 8.85. The SMILES string of the molecule is Cl.O=C(NCc1ccc(S(=O)(=O)NCC2CCCO2)cc1)C1CNCCO1. The Morgan fingerprint density at radius 1 is 1.19 bits per heavy atom. The number of carbonyl (C=O) groups excluding carboxylic acids is 1. The van der Waals surface area contributed by atoms with Crippen LogP contribution in [-0.4, -0.2) is 59.4 Å². The van der Waals surface area contributed by atoms with E-state index in [2.05, 4.69) is 15.4 Å². The van der Waals surface area contributed by atoms with Crippen molar-refractivity contribution >= 4 is 28.3 Å². The molecule has 2 aliphatic heterocycles. The molecule has 1 amide bonds. The molecule has 2 atom stereocenters. The Labute approximate surface area is 165 Å². The predicted molar refractivity (Wildman–Crippen MR) is 102 cm³/mol. The van der Waals surface area contributed by atoms with Crippen molar-refractivity contribution in [2.24, 2.45) is 0 Å². The molecule has 0 saturated carbocycles. The molecule has 8 nitrogen and oxygen atoms in total. The highest BCUT2D eigenvalue weighted by Gasteiger charge is 2.22. The fraction of sp³-hybridized carbons (Fsp3) is 0.588. The molecule has 3 N–H and O–H groups in total. The van der Waals surface area contributed by atoms with Gasteiger partial charge in [-0.2, -0.15) is 0 Å². The van der Waals surface area contributed by atoms with Crippen molar-refractivity contribution in [2.45, 2.75) is 36.5 Å². The van der Waals surface area contributed by atoms with Gasteiger partial charge in [0.1, 0.15) is 6.10 Å². The molecule has 2 heterocycles. The van der Waals surface area contributed by atoms with E-state index in [1.807, 2.05) is 0 Å². The quantitative estimate of drug-likeness (QED) is 0.581. The Morgan fingerprint density at radius 2 is 1.96 bits per heavy atom. The number of hydrogen-bond donors (Lipinski definition) is 3. The maximum absolute atomic E-state index is 12.3. The van der Waals surface area contributed by atoms with Gasteiger partial charge in [-0.15, -0.1) is 12.4 Å². The van der Waals surface area contributed by atoms with Gasteiger partial charge in [0.2, 0.25) is 10.0 Å². The van der Waals surface area contributed by atoms with Crippen molar-refractivity contribution in [3.63, 3.8) is 0 Å². The zero-order valence-electron chi connectivity index (χ0n) is 15.0. The second-order valence-corrected chi connectivity index (χ2v) is 8.18. The lowest BCUT2D eigenvalue weighted by Gasteiger charge is -2.22.